The lowest BCUT2D eigenvalue weighted by atomic mass is 10.1. The smallest absolute Gasteiger partial charge is 0.417 e. The Labute approximate surface area is 150 Å². The van der Waals surface area contributed by atoms with Gasteiger partial charge in [-0.05, 0) is 18.2 Å². The molecule has 3 heterocycles. The van der Waals surface area contributed by atoms with Crippen LogP contribution in [0.5, 0.6) is 5.88 Å². The molecular formula is C17H12F3N3O2S. The molecule has 0 saturated carbocycles. The van der Waals surface area contributed by atoms with Crippen molar-refractivity contribution in [3.05, 3.63) is 53.2 Å². The zero-order chi connectivity index (χ0) is 18.3. The maximum Gasteiger partial charge on any atom is 0.417 e. The van der Waals surface area contributed by atoms with Crippen LogP contribution in [0.15, 0.2) is 42.6 Å². The molecule has 1 amide bonds. The van der Waals surface area contributed by atoms with Gasteiger partial charge in [0.15, 0.2) is 5.01 Å². The third-order valence-corrected chi connectivity index (χ3v) is 4.99. The lowest BCUT2D eigenvalue weighted by Gasteiger charge is -2.38. The summed E-state index contributed by atoms with van der Waals surface area (Å²) in [6.45, 7) is 0.689. The van der Waals surface area contributed by atoms with Crippen molar-refractivity contribution in [2.24, 2.45) is 0 Å². The molecule has 0 spiro atoms. The van der Waals surface area contributed by atoms with Gasteiger partial charge in [0.05, 0.1) is 28.9 Å². The van der Waals surface area contributed by atoms with E-state index in [1.54, 1.807) is 4.90 Å². The minimum Gasteiger partial charge on any atom is -0.471 e. The van der Waals surface area contributed by atoms with Crippen molar-refractivity contribution < 1.29 is 22.7 Å². The van der Waals surface area contributed by atoms with Crippen LogP contribution in [-0.4, -0.2) is 40.0 Å². The molecule has 134 valence electrons. The van der Waals surface area contributed by atoms with E-state index in [1.165, 1.54) is 17.4 Å². The summed E-state index contributed by atoms with van der Waals surface area (Å²) in [5, 5.41) is 0.414. The van der Waals surface area contributed by atoms with Gasteiger partial charge in [0, 0.05) is 12.3 Å². The fraction of sp³-hybridized carbons (Fsp3) is 0.235. The number of para-hydroxylation sites is 1. The van der Waals surface area contributed by atoms with E-state index < -0.39 is 11.7 Å². The first kappa shape index (κ1) is 16.8. The number of nitrogens with zero attached hydrogens (tertiary/aromatic N) is 3. The largest absolute Gasteiger partial charge is 0.471 e. The highest BCUT2D eigenvalue weighted by atomic mass is 32.1. The number of hydrogen-bond acceptors (Lipinski definition) is 5. The second-order valence-corrected chi connectivity index (χ2v) is 6.85. The van der Waals surface area contributed by atoms with Crippen LogP contribution in [-0.2, 0) is 6.18 Å². The van der Waals surface area contributed by atoms with Crippen molar-refractivity contribution in [2.75, 3.05) is 13.1 Å². The predicted molar refractivity (Wildman–Crippen MR) is 89.2 cm³/mol. The van der Waals surface area contributed by atoms with Crippen LogP contribution in [0.4, 0.5) is 13.2 Å². The number of likely N-dealkylation sites (tertiary alicyclic amines) is 1. The van der Waals surface area contributed by atoms with Gasteiger partial charge in [0.1, 0.15) is 6.10 Å². The van der Waals surface area contributed by atoms with Gasteiger partial charge in [-0.15, -0.1) is 11.3 Å². The fourth-order valence-electron chi connectivity index (χ4n) is 2.57. The molecule has 1 fully saturated rings. The number of alkyl halides is 3. The Balaban J connectivity index is 1.35. The second kappa shape index (κ2) is 6.24. The van der Waals surface area contributed by atoms with Crippen molar-refractivity contribution >= 4 is 27.5 Å². The van der Waals surface area contributed by atoms with Crippen LogP contribution in [0.2, 0.25) is 0 Å². The molecule has 1 aromatic carbocycles. The Morgan fingerprint density at radius 1 is 1.19 bits per heavy atom. The van der Waals surface area contributed by atoms with E-state index in [0.717, 1.165) is 22.5 Å². The number of fused-ring (bicyclic) bond motifs is 1. The van der Waals surface area contributed by atoms with Gasteiger partial charge in [-0.3, -0.25) is 4.79 Å². The fourth-order valence-corrected chi connectivity index (χ4v) is 3.50. The molecule has 1 saturated heterocycles. The molecule has 1 aliphatic heterocycles. The van der Waals surface area contributed by atoms with Gasteiger partial charge in [-0.25, -0.2) is 9.97 Å². The zero-order valence-electron chi connectivity index (χ0n) is 13.2. The average Bonchev–Trinajstić information content (AvgIpc) is 3.01. The van der Waals surface area contributed by atoms with E-state index in [2.05, 4.69) is 9.97 Å². The number of aromatic nitrogens is 2. The molecule has 0 unspecified atom stereocenters. The lowest BCUT2D eigenvalue weighted by Crippen LogP contribution is -2.56. The van der Waals surface area contributed by atoms with Crippen molar-refractivity contribution in [1.29, 1.82) is 0 Å². The molecule has 2 aromatic heterocycles. The summed E-state index contributed by atoms with van der Waals surface area (Å²) < 4.78 is 44.0. The van der Waals surface area contributed by atoms with Crippen LogP contribution in [0.1, 0.15) is 15.4 Å². The van der Waals surface area contributed by atoms with E-state index in [-0.39, 0.29) is 17.9 Å². The van der Waals surface area contributed by atoms with Crippen LogP contribution >= 0.6 is 11.3 Å². The number of carbonyl (C=O) groups excluding carboxylic acids is 1. The Kier molecular flexibility index (Phi) is 4.03. The maximum absolute atomic E-state index is 12.5. The Morgan fingerprint density at radius 2 is 1.96 bits per heavy atom. The van der Waals surface area contributed by atoms with Gasteiger partial charge < -0.3 is 9.64 Å². The number of hydrogen-bond donors (Lipinski definition) is 0. The van der Waals surface area contributed by atoms with Crippen molar-refractivity contribution in [3.63, 3.8) is 0 Å². The van der Waals surface area contributed by atoms with E-state index in [4.69, 9.17) is 4.74 Å². The number of amides is 1. The minimum atomic E-state index is -4.43. The standard InChI is InChI=1S/C17H12F3N3O2S/c18-17(19,20)10-5-6-14(21-7-10)25-11-8-23(9-11)16(24)15-22-12-3-1-2-4-13(12)26-15/h1-7,11H,8-9H2. The first-order valence-electron chi connectivity index (χ1n) is 7.75. The van der Waals surface area contributed by atoms with Crippen molar-refractivity contribution in [3.8, 4) is 5.88 Å². The topological polar surface area (TPSA) is 55.3 Å². The molecule has 1 aliphatic rings. The summed E-state index contributed by atoms with van der Waals surface area (Å²) in [5.41, 5.74) is -0.0470. The normalized spacial score (nSPS) is 15.1. The molecule has 0 atom stereocenters. The Hall–Kier alpha value is -2.68. The Morgan fingerprint density at radius 3 is 2.62 bits per heavy atom. The summed E-state index contributed by atoms with van der Waals surface area (Å²) >= 11 is 1.33. The highest BCUT2D eigenvalue weighted by molar-refractivity contribution is 7.20. The van der Waals surface area contributed by atoms with E-state index >= 15 is 0 Å². The van der Waals surface area contributed by atoms with Crippen LogP contribution in [0, 0.1) is 0 Å². The number of thiazole rings is 1. The van der Waals surface area contributed by atoms with Gasteiger partial charge in [0.2, 0.25) is 5.88 Å². The zero-order valence-corrected chi connectivity index (χ0v) is 14.0. The van der Waals surface area contributed by atoms with E-state index in [0.29, 0.717) is 18.1 Å². The molecule has 0 aliphatic carbocycles. The number of ether oxygens (including phenoxy) is 1. The van der Waals surface area contributed by atoms with Crippen LogP contribution in [0.25, 0.3) is 10.2 Å². The Bertz CT molecular complexity index is 917. The quantitative estimate of drug-likeness (QED) is 0.698. The predicted octanol–water partition coefficient (Wildman–Crippen LogP) is 3.61. The molecule has 4 rings (SSSR count). The molecule has 3 aromatic rings. The van der Waals surface area contributed by atoms with Crippen molar-refractivity contribution in [2.45, 2.75) is 12.3 Å². The average molecular weight is 379 g/mol. The van der Waals surface area contributed by atoms with Gasteiger partial charge in [0.25, 0.3) is 5.91 Å². The monoisotopic (exact) mass is 379 g/mol. The molecule has 5 nitrogen and oxygen atoms in total. The number of carbonyl (C=O) groups is 1. The third-order valence-electron chi connectivity index (χ3n) is 3.96. The molecule has 26 heavy (non-hydrogen) atoms. The van der Waals surface area contributed by atoms with E-state index in [1.807, 2.05) is 24.3 Å². The van der Waals surface area contributed by atoms with Gasteiger partial charge in [-0.2, -0.15) is 13.2 Å². The molecule has 9 heteroatoms. The van der Waals surface area contributed by atoms with Crippen LogP contribution < -0.4 is 4.74 Å². The van der Waals surface area contributed by atoms with Crippen molar-refractivity contribution in [1.82, 2.24) is 14.9 Å². The highest BCUT2D eigenvalue weighted by Crippen LogP contribution is 2.30. The summed E-state index contributed by atoms with van der Waals surface area (Å²) in [7, 11) is 0. The maximum atomic E-state index is 12.5. The number of benzene rings is 1. The lowest BCUT2D eigenvalue weighted by molar-refractivity contribution is -0.137. The number of rotatable bonds is 3. The highest BCUT2D eigenvalue weighted by Gasteiger charge is 2.35. The second-order valence-electron chi connectivity index (χ2n) is 5.82. The molecular weight excluding hydrogens is 367 g/mol. The molecule has 0 N–H and O–H groups in total. The summed E-state index contributed by atoms with van der Waals surface area (Å²) in [6, 6.07) is 9.61. The SMILES string of the molecule is O=C(c1nc2ccccc2s1)N1CC(Oc2ccc(C(F)(F)F)cn2)C1. The summed E-state index contributed by atoms with van der Waals surface area (Å²) in [6.07, 6.45) is -3.99. The first-order valence-corrected chi connectivity index (χ1v) is 8.56. The first-order chi connectivity index (χ1) is 12.4. The summed E-state index contributed by atoms with van der Waals surface area (Å²) in [4.78, 5) is 22.0. The molecule has 0 radical (unpaired) electrons. The molecule has 0 bridgehead atoms. The summed E-state index contributed by atoms with van der Waals surface area (Å²) in [5.74, 6) is -0.0680. The third kappa shape index (κ3) is 3.22. The number of halogens is 3. The van der Waals surface area contributed by atoms with Gasteiger partial charge in [-0.1, -0.05) is 12.1 Å². The number of pyridine rings is 1. The van der Waals surface area contributed by atoms with Crippen LogP contribution in [0.3, 0.4) is 0 Å². The minimum absolute atomic E-state index is 0.107. The van der Waals surface area contributed by atoms with E-state index in [9.17, 15) is 18.0 Å². The van der Waals surface area contributed by atoms with Gasteiger partial charge >= 0.3 is 6.18 Å².